The van der Waals surface area contributed by atoms with Gasteiger partial charge < -0.3 is 14.3 Å². The number of nitrogens with zero attached hydrogens (tertiary/aromatic N) is 7. The van der Waals surface area contributed by atoms with Crippen LogP contribution in [0.4, 0.5) is 5.13 Å². The zero-order valence-corrected chi connectivity index (χ0v) is 16.7. The van der Waals surface area contributed by atoms with E-state index in [0.717, 1.165) is 10.6 Å². The van der Waals surface area contributed by atoms with Gasteiger partial charge in [0, 0.05) is 25.2 Å². The Kier molecular flexibility index (Phi) is 5.86. The number of anilines is 1. The summed E-state index contributed by atoms with van der Waals surface area (Å²) in [7, 11) is 0. The molecule has 4 aromatic rings. The molecular weight excluding hydrogens is 416 g/mol. The average Bonchev–Trinajstić information content (AvgIpc) is 3.47. The molecule has 0 fully saturated rings. The first-order valence-corrected chi connectivity index (χ1v) is 10.2. The Labute approximate surface area is 172 Å². The molecule has 0 aliphatic rings. The number of carbonyl (C=O) groups is 1. The van der Waals surface area contributed by atoms with E-state index in [9.17, 15) is 4.79 Å². The fraction of sp³-hybridized carbons (Fsp3) is 0.250. The summed E-state index contributed by atoms with van der Waals surface area (Å²) >= 11 is 2.61. The van der Waals surface area contributed by atoms with Gasteiger partial charge in [-0.15, -0.1) is 20.4 Å². The van der Waals surface area contributed by atoms with Gasteiger partial charge in [-0.1, -0.05) is 28.3 Å². The summed E-state index contributed by atoms with van der Waals surface area (Å²) in [6, 6.07) is 3.63. The van der Waals surface area contributed by atoms with E-state index in [2.05, 4.69) is 40.8 Å². The highest BCUT2D eigenvalue weighted by Crippen LogP contribution is 2.24. The third-order valence-electron chi connectivity index (χ3n) is 3.49. The Balaban J connectivity index is 1.25. The van der Waals surface area contributed by atoms with Gasteiger partial charge in [0.25, 0.3) is 5.22 Å². The largest absolute Gasteiger partial charge is 0.411 e. The van der Waals surface area contributed by atoms with Crippen LogP contribution in [0.15, 0.2) is 38.7 Å². The Morgan fingerprint density at radius 3 is 3.00 bits per heavy atom. The van der Waals surface area contributed by atoms with Gasteiger partial charge >= 0.3 is 0 Å². The van der Waals surface area contributed by atoms with Crippen LogP contribution in [0.3, 0.4) is 0 Å². The summed E-state index contributed by atoms with van der Waals surface area (Å²) in [6.07, 6.45) is 3.85. The molecule has 0 bridgehead atoms. The van der Waals surface area contributed by atoms with Crippen LogP contribution in [0.5, 0.6) is 0 Å². The van der Waals surface area contributed by atoms with Crippen molar-refractivity contribution >= 4 is 34.1 Å². The lowest BCUT2D eigenvalue weighted by Gasteiger charge is -1.97. The topological polar surface area (TPSA) is 146 Å². The number of nitrogens with one attached hydrogen (secondary N) is 1. The van der Waals surface area contributed by atoms with E-state index >= 15 is 0 Å². The minimum absolute atomic E-state index is 0.191. The molecule has 0 radical (unpaired) electrons. The van der Waals surface area contributed by atoms with Crippen LogP contribution >= 0.6 is 23.1 Å². The number of hydrogen-bond acceptors (Lipinski definition) is 12. The molecule has 1 N–H and O–H groups in total. The predicted molar refractivity (Wildman–Crippen MR) is 103 cm³/mol. The molecule has 0 saturated carbocycles. The Hall–Kier alpha value is -3.19. The number of hydrogen-bond donors (Lipinski definition) is 1. The fourth-order valence-corrected chi connectivity index (χ4v) is 3.41. The van der Waals surface area contributed by atoms with Gasteiger partial charge in [-0.3, -0.25) is 9.78 Å². The van der Waals surface area contributed by atoms with Gasteiger partial charge in [0.2, 0.25) is 22.8 Å². The second-order valence-electron chi connectivity index (χ2n) is 5.68. The molecule has 0 aliphatic carbocycles. The highest BCUT2D eigenvalue weighted by Gasteiger charge is 2.13. The van der Waals surface area contributed by atoms with Gasteiger partial charge in [0.15, 0.2) is 5.82 Å². The molecule has 4 rings (SSSR count). The molecule has 29 heavy (non-hydrogen) atoms. The summed E-state index contributed by atoms with van der Waals surface area (Å²) in [6.45, 7) is 1.82. The molecule has 0 saturated heterocycles. The Bertz CT molecular complexity index is 1090. The van der Waals surface area contributed by atoms with Crippen LogP contribution in [-0.2, 0) is 17.0 Å². The fourth-order valence-electron chi connectivity index (χ4n) is 2.20. The van der Waals surface area contributed by atoms with Gasteiger partial charge in [-0.2, -0.15) is 4.98 Å². The van der Waals surface area contributed by atoms with E-state index in [1.165, 1.54) is 23.1 Å². The standard InChI is InChI=1S/C16H14N8O3S2/c1-9-20-22-15(29-9)19-12(25)4-5-13-18-11(24-27-13)8-28-16-23-21-14(26-16)10-3-2-6-17-7-10/h2-3,6-7H,4-5,8H2,1H3,(H,19,22,25). The average molecular weight is 430 g/mol. The van der Waals surface area contributed by atoms with Crippen molar-refractivity contribution in [2.24, 2.45) is 0 Å². The van der Waals surface area contributed by atoms with Gasteiger partial charge in [0.05, 0.1) is 11.3 Å². The van der Waals surface area contributed by atoms with Crippen molar-refractivity contribution in [2.45, 2.75) is 30.7 Å². The molecule has 4 aromatic heterocycles. The summed E-state index contributed by atoms with van der Waals surface area (Å²) in [5.74, 6) is 1.46. The van der Waals surface area contributed by atoms with Crippen LogP contribution in [0, 0.1) is 6.92 Å². The lowest BCUT2D eigenvalue weighted by atomic mass is 10.3. The molecule has 4 heterocycles. The predicted octanol–water partition coefficient (Wildman–Crippen LogP) is 2.54. The zero-order valence-electron chi connectivity index (χ0n) is 15.1. The van der Waals surface area contributed by atoms with Gasteiger partial charge in [-0.05, 0) is 19.1 Å². The minimum Gasteiger partial charge on any atom is -0.411 e. The van der Waals surface area contributed by atoms with Crippen molar-refractivity contribution in [3.05, 3.63) is 41.2 Å². The molecule has 148 valence electrons. The summed E-state index contributed by atoms with van der Waals surface area (Å²) in [5, 5.41) is 23.9. The lowest BCUT2D eigenvalue weighted by molar-refractivity contribution is -0.116. The molecule has 0 aromatic carbocycles. The maximum atomic E-state index is 11.9. The van der Waals surface area contributed by atoms with Crippen LogP contribution in [-0.4, -0.2) is 41.4 Å². The molecule has 11 nitrogen and oxygen atoms in total. The highest BCUT2D eigenvalue weighted by atomic mass is 32.2. The third-order valence-corrected chi connectivity index (χ3v) is 5.06. The maximum Gasteiger partial charge on any atom is 0.277 e. The number of aromatic nitrogens is 7. The second-order valence-corrected chi connectivity index (χ2v) is 7.79. The Morgan fingerprint density at radius 1 is 1.28 bits per heavy atom. The van der Waals surface area contributed by atoms with E-state index in [-0.39, 0.29) is 12.3 Å². The van der Waals surface area contributed by atoms with E-state index in [4.69, 9.17) is 8.94 Å². The quantitative estimate of drug-likeness (QED) is 0.411. The number of carbonyl (C=O) groups excluding carboxylic acids is 1. The van der Waals surface area contributed by atoms with Crippen LogP contribution < -0.4 is 5.32 Å². The maximum absolute atomic E-state index is 11.9. The van der Waals surface area contributed by atoms with E-state index in [1.54, 1.807) is 18.5 Å². The second kappa shape index (κ2) is 8.87. The molecule has 0 spiro atoms. The number of aryl methyl sites for hydroxylation is 2. The lowest BCUT2D eigenvalue weighted by Crippen LogP contribution is -2.12. The Morgan fingerprint density at radius 2 is 2.21 bits per heavy atom. The number of amides is 1. The van der Waals surface area contributed by atoms with Crippen molar-refractivity contribution in [3.63, 3.8) is 0 Å². The molecule has 0 aliphatic heterocycles. The number of rotatable bonds is 8. The molecular formula is C16H14N8O3S2. The molecule has 0 atom stereocenters. The van der Waals surface area contributed by atoms with Gasteiger partial charge in [0.1, 0.15) is 5.01 Å². The van der Waals surface area contributed by atoms with Gasteiger partial charge in [-0.25, -0.2) is 0 Å². The van der Waals surface area contributed by atoms with Crippen molar-refractivity contribution in [1.82, 2.24) is 35.5 Å². The minimum atomic E-state index is -0.191. The zero-order chi connectivity index (χ0) is 20.1. The summed E-state index contributed by atoms with van der Waals surface area (Å²) < 4.78 is 10.8. The molecule has 13 heteroatoms. The first kappa shape index (κ1) is 19.1. The van der Waals surface area contributed by atoms with E-state index < -0.39 is 0 Å². The monoisotopic (exact) mass is 430 g/mol. The smallest absolute Gasteiger partial charge is 0.277 e. The first-order valence-electron chi connectivity index (χ1n) is 8.44. The van der Waals surface area contributed by atoms with E-state index in [0.29, 0.717) is 40.1 Å². The first-order chi connectivity index (χ1) is 14.2. The van der Waals surface area contributed by atoms with Crippen LogP contribution in [0.1, 0.15) is 23.1 Å². The van der Waals surface area contributed by atoms with E-state index in [1.807, 2.05) is 13.0 Å². The van der Waals surface area contributed by atoms with Crippen molar-refractivity contribution in [2.75, 3.05) is 5.32 Å². The molecule has 0 unspecified atom stereocenters. The molecule has 1 amide bonds. The van der Waals surface area contributed by atoms with Crippen molar-refractivity contribution in [1.29, 1.82) is 0 Å². The van der Waals surface area contributed by atoms with Crippen LogP contribution in [0.25, 0.3) is 11.5 Å². The normalized spacial score (nSPS) is 10.9. The van der Waals surface area contributed by atoms with Crippen LogP contribution in [0.2, 0.25) is 0 Å². The summed E-state index contributed by atoms with van der Waals surface area (Å²) in [5.41, 5.74) is 0.746. The van der Waals surface area contributed by atoms with Crippen molar-refractivity contribution in [3.8, 4) is 11.5 Å². The highest BCUT2D eigenvalue weighted by molar-refractivity contribution is 7.98. The number of pyridine rings is 1. The third kappa shape index (κ3) is 5.20. The number of thioether (sulfide) groups is 1. The van der Waals surface area contributed by atoms with Crippen molar-refractivity contribution < 1.29 is 13.7 Å². The SMILES string of the molecule is Cc1nnc(NC(=O)CCc2nc(CSc3nnc(-c4cccnc4)o3)no2)s1. The summed E-state index contributed by atoms with van der Waals surface area (Å²) in [4.78, 5) is 20.2.